The molecule has 0 saturated heterocycles. The molecular formula is C26H33ClN2O3S. The number of carbonyl (C=O) groups is 2. The van der Waals surface area contributed by atoms with Gasteiger partial charge in [0.1, 0.15) is 0 Å². The number of fused-ring (bicyclic) bond motifs is 1. The lowest BCUT2D eigenvalue weighted by atomic mass is 9.88. The van der Waals surface area contributed by atoms with Gasteiger partial charge in [0, 0.05) is 42.6 Å². The second-order valence-electron chi connectivity index (χ2n) is 9.03. The van der Waals surface area contributed by atoms with Crippen molar-refractivity contribution in [1.29, 1.82) is 0 Å². The summed E-state index contributed by atoms with van der Waals surface area (Å²) in [6.07, 6.45) is 6.85. The first-order valence-electron chi connectivity index (χ1n) is 12.0. The quantitative estimate of drug-likeness (QED) is 0.472. The molecule has 7 heteroatoms. The van der Waals surface area contributed by atoms with Crippen LogP contribution in [0.5, 0.6) is 0 Å². The predicted molar refractivity (Wildman–Crippen MR) is 133 cm³/mol. The molecule has 2 heterocycles. The van der Waals surface area contributed by atoms with E-state index in [1.165, 1.54) is 16.9 Å². The fourth-order valence-electron chi connectivity index (χ4n) is 5.12. The Labute approximate surface area is 205 Å². The Bertz CT molecular complexity index is 939. The van der Waals surface area contributed by atoms with E-state index in [1.807, 2.05) is 29.2 Å². The van der Waals surface area contributed by atoms with Gasteiger partial charge in [-0.25, -0.2) is 0 Å². The molecule has 178 valence electrons. The van der Waals surface area contributed by atoms with Crippen LogP contribution in [0, 0.1) is 5.92 Å². The first-order chi connectivity index (χ1) is 16.1. The average Bonchev–Trinajstić information content (AvgIpc) is 3.32. The number of hydrogen-bond acceptors (Lipinski definition) is 4. The third-order valence-electron chi connectivity index (χ3n) is 6.84. The molecule has 1 saturated carbocycles. The molecule has 1 aliphatic heterocycles. The number of carbonyl (C=O) groups excluding carboxylic acids is 2. The van der Waals surface area contributed by atoms with Crippen molar-refractivity contribution in [1.82, 2.24) is 9.80 Å². The molecule has 1 atom stereocenters. The minimum atomic E-state index is -0.143. The molecule has 0 N–H and O–H groups in total. The van der Waals surface area contributed by atoms with Crippen LogP contribution in [-0.2, 0) is 20.7 Å². The number of methoxy groups -OCH3 is 1. The van der Waals surface area contributed by atoms with Gasteiger partial charge in [-0.3, -0.25) is 9.59 Å². The summed E-state index contributed by atoms with van der Waals surface area (Å²) in [6.45, 7) is 1.92. The lowest BCUT2D eigenvalue weighted by molar-refractivity contribution is -0.144. The molecule has 1 fully saturated rings. The number of hydrogen-bond donors (Lipinski definition) is 0. The van der Waals surface area contributed by atoms with Crippen LogP contribution in [0.3, 0.4) is 0 Å². The number of thiophene rings is 1. The molecule has 1 aromatic carbocycles. The van der Waals surface area contributed by atoms with Crippen molar-refractivity contribution in [3.63, 3.8) is 0 Å². The standard InChI is InChI=1S/C26H33ClN2O3S/c1-32-16-5-14-28(26(31)20-6-3-2-4-7-20)18-24(30)29-15-12-23-22(13-17-33-23)25(29)19-8-10-21(27)11-9-19/h8-11,13,17,20,25H,2-7,12,14-16,18H2,1H3. The van der Waals surface area contributed by atoms with Crippen LogP contribution in [0.1, 0.15) is 60.6 Å². The van der Waals surface area contributed by atoms with Gasteiger partial charge in [0.2, 0.25) is 11.8 Å². The zero-order chi connectivity index (χ0) is 23.2. The highest BCUT2D eigenvalue weighted by molar-refractivity contribution is 7.10. The Kier molecular flexibility index (Phi) is 8.45. The zero-order valence-electron chi connectivity index (χ0n) is 19.3. The Hall–Kier alpha value is -1.89. The molecule has 33 heavy (non-hydrogen) atoms. The largest absolute Gasteiger partial charge is 0.385 e. The second-order valence-corrected chi connectivity index (χ2v) is 10.5. The molecule has 1 aromatic heterocycles. The van der Waals surface area contributed by atoms with Crippen LogP contribution in [0.15, 0.2) is 35.7 Å². The van der Waals surface area contributed by atoms with Crippen LogP contribution >= 0.6 is 22.9 Å². The number of halogens is 1. The highest BCUT2D eigenvalue weighted by atomic mass is 35.5. The number of amides is 2. The van der Waals surface area contributed by atoms with E-state index in [9.17, 15) is 9.59 Å². The number of ether oxygens (including phenoxy) is 1. The van der Waals surface area contributed by atoms with E-state index in [0.29, 0.717) is 24.7 Å². The summed E-state index contributed by atoms with van der Waals surface area (Å²) >= 11 is 7.88. The van der Waals surface area contributed by atoms with Crippen molar-refractivity contribution >= 4 is 34.8 Å². The van der Waals surface area contributed by atoms with E-state index >= 15 is 0 Å². The lowest BCUT2D eigenvalue weighted by Crippen LogP contribution is -2.48. The summed E-state index contributed by atoms with van der Waals surface area (Å²) < 4.78 is 5.21. The average molecular weight is 489 g/mol. The van der Waals surface area contributed by atoms with Crippen molar-refractivity contribution in [2.24, 2.45) is 5.92 Å². The fourth-order valence-corrected chi connectivity index (χ4v) is 6.15. The van der Waals surface area contributed by atoms with E-state index in [4.69, 9.17) is 16.3 Å². The minimum Gasteiger partial charge on any atom is -0.385 e. The maximum atomic E-state index is 13.7. The van der Waals surface area contributed by atoms with Crippen LogP contribution in [0.4, 0.5) is 0 Å². The van der Waals surface area contributed by atoms with E-state index in [-0.39, 0.29) is 30.3 Å². The molecule has 2 aliphatic rings. The first-order valence-corrected chi connectivity index (χ1v) is 13.2. The number of nitrogens with zero attached hydrogens (tertiary/aromatic N) is 2. The van der Waals surface area contributed by atoms with Crippen LogP contribution in [0.25, 0.3) is 0 Å². The van der Waals surface area contributed by atoms with Gasteiger partial charge in [0.05, 0.1) is 12.6 Å². The normalized spacial score (nSPS) is 18.7. The third kappa shape index (κ3) is 5.79. The monoisotopic (exact) mass is 488 g/mol. The van der Waals surface area contributed by atoms with E-state index in [1.54, 1.807) is 23.3 Å². The summed E-state index contributed by atoms with van der Waals surface area (Å²) in [5, 5.41) is 2.78. The minimum absolute atomic E-state index is 0.00776. The van der Waals surface area contributed by atoms with Crippen LogP contribution in [0.2, 0.25) is 5.02 Å². The van der Waals surface area contributed by atoms with E-state index in [2.05, 4.69) is 11.4 Å². The Morgan fingerprint density at radius 1 is 1.15 bits per heavy atom. The topological polar surface area (TPSA) is 49.9 Å². The summed E-state index contributed by atoms with van der Waals surface area (Å²) in [5.74, 6) is 0.190. The summed E-state index contributed by atoms with van der Waals surface area (Å²) in [5.41, 5.74) is 2.24. The molecule has 1 unspecified atom stereocenters. The van der Waals surface area contributed by atoms with Crippen molar-refractivity contribution in [3.05, 3.63) is 56.7 Å². The van der Waals surface area contributed by atoms with Gasteiger partial charge in [-0.2, -0.15) is 0 Å². The van der Waals surface area contributed by atoms with Crippen molar-refractivity contribution < 1.29 is 14.3 Å². The zero-order valence-corrected chi connectivity index (χ0v) is 20.9. The third-order valence-corrected chi connectivity index (χ3v) is 8.09. The lowest BCUT2D eigenvalue weighted by Gasteiger charge is -2.38. The second kappa shape index (κ2) is 11.5. The van der Waals surface area contributed by atoms with Gasteiger partial charge >= 0.3 is 0 Å². The molecule has 4 rings (SSSR count). The van der Waals surface area contributed by atoms with Gasteiger partial charge in [-0.15, -0.1) is 11.3 Å². The SMILES string of the molecule is COCCCN(CC(=O)N1CCc2sccc2C1c1ccc(Cl)cc1)C(=O)C1CCCCC1. The van der Waals surface area contributed by atoms with Gasteiger partial charge in [-0.05, 0) is 60.4 Å². The Balaban J connectivity index is 1.55. The van der Waals surface area contributed by atoms with Crippen LogP contribution < -0.4 is 0 Å². The number of rotatable bonds is 8. The van der Waals surface area contributed by atoms with Gasteiger partial charge in [0.25, 0.3) is 0 Å². The molecule has 2 aromatic rings. The molecule has 0 bridgehead atoms. The predicted octanol–water partition coefficient (Wildman–Crippen LogP) is 5.32. The molecule has 5 nitrogen and oxygen atoms in total. The van der Waals surface area contributed by atoms with Gasteiger partial charge in [0.15, 0.2) is 0 Å². The van der Waals surface area contributed by atoms with E-state index < -0.39 is 0 Å². The maximum Gasteiger partial charge on any atom is 0.242 e. The highest BCUT2D eigenvalue weighted by Gasteiger charge is 2.35. The van der Waals surface area contributed by atoms with Crippen LogP contribution in [-0.4, -0.2) is 55.0 Å². The molecule has 0 spiro atoms. The molecule has 1 aliphatic carbocycles. The van der Waals surface area contributed by atoms with E-state index in [0.717, 1.165) is 44.1 Å². The van der Waals surface area contributed by atoms with Crippen molar-refractivity contribution in [2.75, 3.05) is 33.4 Å². The van der Waals surface area contributed by atoms with Gasteiger partial charge in [-0.1, -0.05) is 43.0 Å². The Morgan fingerprint density at radius 3 is 2.64 bits per heavy atom. The Morgan fingerprint density at radius 2 is 1.91 bits per heavy atom. The highest BCUT2D eigenvalue weighted by Crippen LogP contribution is 2.38. The first kappa shape index (κ1) is 24.2. The molecule has 0 radical (unpaired) electrons. The van der Waals surface area contributed by atoms with Crippen molar-refractivity contribution in [2.45, 2.75) is 51.0 Å². The van der Waals surface area contributed by atoms with Gasteiger partial charge < -0.3 is 14.5 Å². The van der Waals surface area contributed by atoms with Crippen molar-refractivity contribution in [3.8, 4) is 0 Å². The fraction of sp³-hybridized carbons (Fsp3) is 0.538. The summed E-state index contributed by atoms with van der Waals surface area (Å²) in [7, 11) is 1.67. The summed E-state index contributed by atoms with van der Waals surface area (Å²) in [4.78, 5) is 32.1. The molecular weight excluding hydrogens is 456 g/mol. The number of benzene rings is 1. The summed E-state index contributed by atoms with van der Waals surface area (Å²) in [6, 6.07) is 9.75. The smallest absolute Gasteiger partial charge is 0.242 e. The molecule has 2 amide bonds. The maximum absolute atomic E-state index is 13.7.